The van der Waals surface area contributed by atoms with Gasteiger partial charge in [-0.15, -0.1) is 0 Å². The van der Waals surface area contributed by atoms with E-state index >= 15 is 0 Å². The summed E-state index contributed by atoms with van der Waals surface area (Å²) in [7, 11) is 1.60. The van der Waals surface area contributed by atoms with Gasteiger partial charge in [0, 0.05) is 32.7 Å². The molecule has 1 atom stereocenters. The second-order valence-corrected chi connectivity index (χ2v) is 8.49. The van der Waals surface area contributed by atoms with Crippen LogP contribution in [0, 0.1) is 11.3 Å². The number of nitrogens with zero attached hydrogens (tertiary/aromatic N) is 1. The average Bonchev–Trinajstić information content (AvgIpc) is 3.26. The Morgan fingerprint density at radius 1 is 1.17 bits per heavy atom. The van der Waals surface area contributed by atoms with Crippen LogP contribution in [0.1, 0.15) is 47.6 Å². The van der Waals surface area contributed by atoms with Gasteiger partial charge < -0.3 is 19.4 Å². The molecule has 1 aliphatic heterocycles. The van der Waals surface area contributed by atoms with Gasteiger partial charge in [-0.2, -0.15) is 0 Å². The van der Waals surface area contributed by atoms with Crippen molar-refractivity contribution >= 4 is 11.8 Å². The van der Waals surface area contributed by atoms with Crippen LogP contribution in [0.15, 0.2) is 46.9 Å². The normalized spacial score (nSPS) is 19.6. The number of hydrogen-bond acceptors (Lipinski definition) is 4. The highest BCUT2D eigenvalue weighted by Crippen LogP contribution is 2.59. The largest absolute Gasteiger partial charge is 0.453 e. The van der Waals surface area contributed by atoms with Gasteiger partial charge in [-0.25, -0.2) is 0 Å². The van der Waals surface area contributed by atoms with E-state index in [9.17, 15) is 9.59 Å². The molecule has 1 N–H and O–H groups in total. The van der Waals surface area contributed by atoms with Crippen LogP contribution in [0.5, 0.6) is 0 Å². The molecular formula is C24H30N2O4. The quantitative estimate of drug-likeness (QED) is 0.677. The summed E-state index contributed by atoms with van der Waals surface area (Å²) in [6.07, 6.45) is 4.64. The van der Waals surface area contributed by atoms with Gasteiger partial charge in [-0.05, 0) is 55.2 Å². The molecule has 1 spiro atoms. The van der Waals surface area contributed by atoms with E-state index in [0.29, 0.717) is 37.8 Å². The lowest BCUT2D eigenvalue weighted by atomic mass is 9.90. The molecule has 30 heavy (non-hydrogen) atoms. The number of amides is 2. The number of carbonyl (C=O) groups is 2. The van der Waals surface area contributed by atoms with Crippen LogP contribution >= 0.6 is 0 Å². The van der Waals surface area contributed by atoms with Crippen LogP contribution in [-0.2, 0) is 22.6 Å². The van der Waals surface area contributed by atoms with E-state index in [4.69, 9.17) is 9.15 Å². The standard InChI is InChI=1S/C24H30N2O4/c1-29-17-19-9-10-21(30-19)23(28)26-14-11-24(12-15-26)16-20(24)22(27)25-13-5-8-18-6-3-2-4-7-18/h2-4,6-7,9-10,20H,5,8,11-17H2,1H3,(H,25,27)/t20-/m0/s1. The van der Waals surface area contributed by atoms with Gasteiger partial charge in [0.2, 0.25) is 5.91 Å². The summed E-state index contributed by atoms with van der Waals surface area (Å²) in [6, 6.07) is 13.8. The first-order valence-corrected chi connectivity index (χ1v) is 10.8. The van der Waals surface area contributed by atoms with Crippen molar-refractivity contribution in [1.29, 1.82) is 0 Å². The number of benzene rings is 1. The fourth-order valence-corrected chi connectivity index (χ4v) is 4.57. The van der Waals surface area contributed by atoms with E-state index in [-0.39, 0.29) is 23.1 Å². The molecule has 1 saturated carbocycles. The van der Waals surface area contributed by atoms with Crippen molar-refractivity contribution in [2.45, 2.75) is 38.7 Å². The Morgan fingerprint density at radius 2 is 1.93 bits per heavy atom. The molecule has 6 nitrogen and oxygen atoms in total. The van der Waals surface area contributed by atoms with Crippen molar-refractivity contribution in [2.75, 3.05) is 26.7 Å². The molecular weight excluding hydrogens is 380 g/mol. The maximum absolute atomic E-state index is 12.7. The van der Waals surface area contributed by atoms with Gasteiger partial charge in [0.05, 0.1) is 0 Å². The van der Waals surface area contributed by atoms with Gasteiger partial charge in [0.1, 0.15) is 12.4 Å². The van der Waals surface area contributed by atoms with Gasteiger partial charge >= 0.3 is 0 Å². The Labute approximate surface area is 177 Å². The second kappa shape index (κ2) is 9.04. The Balaban J connectivity index is 1.19. The minimum atomic E-state index is -0.0743. The van der Waals surface area contributed by atoms with Gasteiger partial charge in [0.25, 0.3) is 5.91 Å². The van der Waals surface area contributed by atoms with E-state index in [0.717, 1.165) is 32.1 Å². The van der Waals surface area contributed by atoms with E-state index in [1.54, 1.807) is 19.2 Å². The minimum Gasteiger partial charge on any atom is -0.453 e. The van der Waals surface area contributed by atoms with E-state index in [1.807, 2.05) is 23.1 Å². The van der Waals surface area contributed by atoms with Crippen molar-refractivity contribution in [3.05, 3.63) is 59.5 Å². The topological polar surface area (TPSA) is 71.8 Å². The molecule has 2 aromatic rings. The minimum absolute atomic E-state index is 0.0743. The van der Waals surface area contributed by atoms with Crippen LogP contribution in [0.3, 0.4) is 0 Å². The molecule has 2 heterocycles. The predicted octanol–water partition coefficient (Wildman–Crippen LogP) is 3.42. The zero-order chi connectivity index (χ0) is 21.0. The first kappa shape index (κ1) is 20.7. The molecule has 1 aromatic carbocycles. The lowest BCUT2D eigenvalue weighted by Crippen LogP contribution is -2.40. The van der Waals surface area contributed by atoms with Crippen LogP contribution in [0.25, 0.3) is 0 Å². The highest BCUT2D eigenvalue weighted by atomic mass is 16.5. The lowest BCUT2D eigenvalue weighted by molar-refractivity contribution is -0.123. The van der Waals surface area contributed by atoms with Crippen molar-refractivity contribution in [3.8, 4) is 0 Å². The molecule has 4 rings (SSSR count). The summed E-state index contributed by atoms with van der Waals surface area (Å²) in [5, 5.41) is 3.11. The average molecular weight is 411 g/mol. The molecule has 1 aromatic heterocycles. The SMILES string of the molecule is COCc1ccc(C(=O)N2CCC3(CC2)C[C@H]3C(=O)NCCCc2ccccc2)o1. The third kappa shape index (κ3) is 4.59. The molecule has 1 saturated heterocycles. The number of ether oxygens (including phenoxy) is 1. The molecule has 0 unspecified atom stereocenters. The van der Waals surface area contributed by atoms with Crippen molar-refractivity contribution in [2.24, 2.45) is 11.3 Å². The molecule has 1 aliphatic carbocycles. The fourth-order valence-electron chi connectivity index (χ4n) is 4.57. The Bertz CT molecular complexity index is 868. The van der Waals surface area contributed by atoms with Crippen molar-refractivity contribution in [3.63, 3.8) is 0 Å². The monoisotopic (exact) mass is 410 g/mol. The van der Waals surface area contributed by atoms with Crippen molar-refractivity contribution in [1.82, 2.24) is 10.2 Å². The number of rotatable bonds is 8. The Kier molecular flexibility index (Phi) is 6.23. The van der Waals surface area contributed by atoms with Gasteiger partial charge in [-0.3, -0.25) is 9.59 Å². The number of furan rings is 1. The first-order valence-electron chi connectivity index (χ1n) is 10.8. The number of methoxy groups -OCH3 is 1. The highest BCUT2D eigenvalue weighted by Gasteiger charge is 2.58. The number of nitrogens with one attached hydrogen (secondary N) is 1. The molecule has 6 heteroatoms. The maximum atomic E-state index is 12.7. The number of likely N-dealkylation sites (tertiary alicyclic amines) is 1. The smallest absolute Gasteiger partial charge is 0.289 e. The van der Waals surface area contributed by atoms with E-state index in [2.05, 4.69) is 17.4 Å². The highest BCUT2D eigenvalue weighted by molar-refractivity contribution is 5.91. The summed E-state index contributed by atoms with van der Waals surface area (Å²) in [5.74, 6) is 1.22. The van der Waals surface area contributed by atoms with Gasteiger partial charge in [-0.1, -0.05) is 30.3 Å². The maximum Gasteiger partial charge on any atom is 0.289 e. The summed E-state index contributed by atoms with van der Waals surface area (Å²) >= 11 is 0. The van der Waals surface area contributed by atoms with Crippen molar-refractivity contribution < 1.29 is 18.7 Å². The Morgan fingerprint density at radius 3 is 2.67 bits per heavy atom. The van der Waals surface area contributed by atoms with E-state index < -0.39 is 0 Å². The Hall–Kier alpha value is -2.60. The third-order valence-electron chi connectivity index (χ3n) is 6.50. The fraction of sp³-hybridized carbons (Fsp3) is 0.500. The first-order chi connectivity index (χ1) is 14.6. The number of piperidine rings is 1. The molecule has 0 bridgehead atoms. The van der Waals surface area contributed by atoms with E-state index in [1.165, 1.54) is 5.56 Å². The zero-order valence-corrected chi connectivity index (χ0v) is 17.6. The number of aryl methyl sites for hydroxylation is 1. The summed E-state index contributed by atoms with van der Waals surface area (Å²) in [5.41, 5.74) is 1.39. The summed E-state index contributed by atoms with van der Waals surface area (Å²) < 4.78 is 10.6. The molecule has 0 radical (unpaired) electrons. The number of carbonyl (C=O) groups excluding carboxylic acids is 2. The zero-order valence-electron chi connectivity index (χ0n) is 17.6. The van der Waals surface area contributed by atoms with Crippen LogP contribution in [0.4, 0.5) is 0 Å². The lowest BCUT2D eigenvalue weighted by Gasteiger charge is -2.32. The third-order valence-corrected chi connectivity index (χ3v) is 6.50. The van der Waals surface area contributed by atoms with Crippen LogP contribution in [-0.4, -0.2) is 43.5 Å². The van der Waals surface area contributed by atoms with Gasteiger partial charge in [0.15, 0.2) is 5.76 Å². The van der Waals surface area contributed by atoms with Crippen LogP contribution < -0.4 is 5.32 Å². The summed E-state index contributed by atoms with van der Waals surface area (Å²) in [6.45, 7) is 2.43. The summed E-state index contributed by atoms with van der Waals surface area (Å²) in [4.78, 5) is 27.1. The second-order valence-electron chi connectivity index (χ2n) is 8.49. The number of hydrogen-bond donors (Lipinski definition) is 1. The molecule has 2 amide bonds. The molecule has 160 valence electrons. The predicted molar refractivity (Wildman–Crippen MR) is 113 cm³/mol. The molecule has 2 aliphatic rings. The molecule has 2 fully saturated rings. The van der Waals surface area contributed by atoms with Crippen LogP contribution in [0.2, 0.25) is 0 Å².